The van der Waals surface area contributed by atoms with Gasteiger partial charge in [-0.2, -0.15) is 0 Å². The fourth-order valence-electron chi connectivity index (χ4n) is 2.52. The van der Waals surface area contributed by atoms with Crippen molar-refractivity contribution >= 4 is 29.2 Å². The minimum absolute atomic E-state index is 0.0483. The van der Waals surface area contributed by atoms with Crippen LogP contribution in [0.25, 0.3) is 0 Å². The number of ether oxygens (including phenoxy) is 1. The van der Waals surface area contributed by atoms with Gasteiger partial charge in [-0.05, 0) is 44.4 Å². The van der Waals surface area contributed by atoms with Gasteiger partial charge in [0, 0.05) is 12.1 Å². The summed E-state index contributed by atoms with van der Waals surface area (Å²) < 4.78 is 5.12. The fraction of sp³-hybridized carbons (Fsp3) is 0.300. The summed E-state index contributed by atoms with van der Waals surface area (Å²) in [5, 5.41) is 13.6. The van der Waals surface area contributed by atoms with E-state index in [9.17, 15) is 19.7 Å². The Morgan fingerprint density at radius 1 is 1.18 bits per heavy atom. The van der Waals surface area contributed by atoms with Crippen molar-refractivity contribution in [1.82, 2.24) is 5.32 Å². The van der Waals surface area contributed by atoms with E-state index < -0.39 is 28.6 Å². The average molecular weight is 405 g/mol. The number of esters is 1. The van der Waals surface area contributed by atoms with E-state index in [1.54, 1.807) is 0 Å². The van der Waals surface area contributed by atoms with Crippen LogP contribution in [-0.2, 0) is 16.0 Å². The van der Waals surface area contributed by atoms with Gasteiger partial charge in [0.2, 0.25) is 0 Å². The van der Waals surface area contributed by atoms with E-state index >= 15 is 0 Å². The zero-order chi connectivity index (χ0) is 20.7. The Balaban J connectivity index is 1.88. The number of carbonyl (C=O) groups excluding carboxylic acids is 2. The van der Waals surface area contributed by atoms with E-state index in [0.29, 0.717) is 0 Å². The first-order chi connectivity index (χ1) is 13.3. The molecule has 0 radical (unpaired) electrons. The zero-order valence-electron chi connectivity index (χ0n) is 15.6. The lowest BCUT2D eigenvalue weighted by Gasteiger charge is -2.18. The molecule has 0 bridgehead atoms. The van der Waals surface area contributed by atoms with Gasteiger partial charge < -0.3 is 10.1 Å². The van der Waals surface area contributed by atoms with E-state index in [1.807, 2.05) is 37.3 Å². The zero-order valence-corrected chi connectivity index (χ0v) is 16.3. The van der Waals surface area contributed by atoms with Crippen molar-refractivity contribution in [2.45, 2.75) is 38.8 Å². The molecular weight excluding hydrogens is 384 g/mol. The summed E-state index contributed by atoms with van der Waals surface area (Å²) in [4.78, 5) is 34.6. The number of halogens is 1. The minimum Gasteiger partial charge on any atom is -0.449 e. The standard InChI is InChI=1S/C20H21ClN2O5/c1-13(8-9-15-6-4-3-5-7-15)22-19(24)14(2)28-20(25)16-10-11-17(21)18(12-16)23(26)27/h3-7,10-14H,8-9H2,1-2H3,(H,22,24)/t13-,14-/m1/s1. The molecule has 0 saturated carbocycles. The molecule has 0 unspecified atom stereocenters. The molecule has 0 aromatic heterocycles. The van der Waals surface area contributed by atoms with Gasteiger partial charge >= 0.3 is 5.97 Å². The Morgan fingerprint density at radius 2 is 1.86 bits per heavy atom. The van der Waals surface area contributed by atoms with E-state index in [1.165, 1.54) is 24.6 Å². The number of amides is 1. The van der Waals surface area contributed by atoms with Gasteiger partial charge in [0.05, 0.1) is 10.5 Å². The monoisotopic (exact) mass is 404 g/mol. The molecule has 8 heteroatoms. The number of nitro benzene ring substituents is 1. The number of nitro groups is 1. The molecule has 0 spiro atoms. The molecule has 2 aromatic rings. The summed E-state index contributed by atoms with van der Waals surface area (Å²) in [6, 6.07) is 13.4. The van der Waals surface area contributed by atoms with Crippen LogP contribution in [0.15, 0.2) is 48.5 Å². The number of carbonyl (C=O) groups is 2. The predicted molar refractivity (Wildman–Crippen MR) is 105 cm³/mol. The second-order valence-electron chi connectivity index (χ2n) is 6.40. The lowest BCUT2D eigenvalue weighted by atomic mass is 10.1. The molecule has 1 N–H and O–H groups in total. The van der Waals surface area contributed by atoms with Crippen LogP contribution in [0.1, 0.15) is 36.2 Å². The molecular formula is C20H21ClN2O5. The van der Waals surface area contributed by atoms with E-state index in [2.05, 4.69) is 5.32 Å². The van der Waals surface area contributed by atoms with Crippen LogP contribution in [0.4, 0.5) is 5.69 Å². The Bertz CT molecular complexity index is 857. The maximum absolute atomic E-state index is 12.2. The number of nitrogens with one attached hydrogen (secondary N) is 1. The fourth-order valence-corrected chi connectivity index (χ4v) is 2.71. The molecule has 7 nitrogen and oxygen atoms in total. The maximum Gasteiger partial charge on any atom is 0.339 e. The second kappa shape index (κ2) is 9.85. The molecule has 0 aliphatic heterocycles. The quantitative estimate of drug-likeness (QED) is 0.408. The highest BCUT2D eigenvalue weighted by Gasteiger charge is 2.22. The first kappa shape index (κ1) is 21.4. The molecule has 1 amide bonds. The molecule has 2 aromatic carbocycles. The Hall–Kier alpha value is -2.93. The van der Waals surface area contributed by atoms with Crippen molar-refractivity contribution in [3.63, 3.8) is 0 Å². The van der Waals surface area contributed by atoms with E-state index in [4.69, 9.17) is 16.3 Å². The molecule has 0 aliphatic rings. The normalized spacial score (nSPS) is 12.7. The van der Waals surface area contributed by atoms with Gasteiger partial charge in [-0.15, -0.1) is 0 Å². The summed E-state index contributed by atoms with van der Waals surface area (Å²) in [5.74, 6) is -1.27. The largest absolute Gasteiger partial charge is 0.449 e. The number of benzene rings is 2. The van der Waals surface area contributed by atoms with Crippen molar-refractivity contribution in [2.75, 3.05) is 0 Å². The molecule has 28 heavy (non-hydrogen) atoms. The van der Waals surface area contributed by atoms with E-state index in [-0.39, 0.29) is 16.6 Å². The third kappa shape index (κ3) is 6.06. The first-order valence-corrected chi connectivity index (χ1v) is 9.15. The van der Waals surface area contributed by atoms with Crippen LogP contribution in [0, 0.1) is 10.1 Å². The Kier molecular flexibility index (Phi) is 7.52. The number of nitrogens with zero attached hydrogens (tertiary/aromatic N) is 1. The molecule has 0 aliphatic carbocycles. The highest BCUT2D eigenvalue weighted by Crippen LogP contribution is 2.25. The van der Waals surface area contributed by atoms with Crippen molar-refractivity contribution < 1.29 is 19.2 Å². The molecule has 2 rings (SSSR count). The average Bonchev–Trinajstić information content (AvgIpc) is 2.67. The van der Waals surface area contributed by atoms with Crippen LogP contribution < -0.4 is 5.32 Å². The second-order valence-corrected chi connectivity index (χ2v) is 6.81. The van der Waals surface area contributed by atoms with Gasteiger partial charge in [-0.1, -0.05) is 41.9 Å². The number of aryl methyl sites for hydroxylation is 1. The van der Waals surface area contributed by atoms with Gasteiger partial charge in [0.15, 0.2) is 6.10 Å². The molecule has 0 saturated heterocycles. The van der Waals surface area contributed by atoms with Crippen LogP contribution in [0.5, 0.6) is 0 Å². The van der Waals surface area contributed by atoms with Crippen LogP contribution in [0.2, 0.25) is 5.02 Å². The van der Waals surface area contributed by atoms with E-state index in [0.717, 1.165) is 18.9 Å². The summed E-state index contributed by atoms with van der Waals surface area (Å²) in [6.45, 7) is 3.32. The first-order valence-electron chi connectivity index (χ1n) is 8.77. The lowest BCUT2D eigenvalue weighted by Crippen LogP contribution is -2.41. The highest BCUT2D eigenvalue weighted by atomic mass is 35.5. The molecule has 2 atom stereocenters. The highest BCUT2D eigenvalue weighted by molar-refractivity contribution is 6.32. The number of hydrogen-bond donors (Lipinski definition) is 1. The van der Waals surface area contributed by atoms with Crippen molar-refractivity contribution in [2.24, 2.45) is 0 Å². The van der Waals surface area contributed by atoms with Gasteiger partial charge in [-0.3, -0.25) is 14.9 Å². The van der Waals surface area contributed by atoms with Crippen LogP contribution in [-0.4, -0.2) is 28.9 Å². The molecule has 0 heterocycles. The summed E-state index contributed by atoms with van der Waals surface area (Å²) in [6.07, 6.45) is 0.506. The third-order valence-electron chi connectivity index (χ3n) is 4.13. The van der Waals surface area contributed by atoms with Gasteiger partial charge in [0.25, 0.3) is 11.6 Å². The van der Waals surface area contributed by atoms with Crippen molar-refractivity contribution in [1.29, 1.82) is 0 Å². The SMILES string of the molecule is C[C@H](CCc1ccccc1)NC(=O)[C@@H](C)OC(=O)c1ccc(Cl)c([N+](=O)[O-])c1. The van der Waals surface area contributed by atoms with Crippen molar-refractivity contribution in [3.8, 4) is 0 Å². The summed E-state index contributed by atoms with van der Waals surface area (Å²) >= 11 is 5.73. The Labute approximate surface area is 167 Å². The van der Waals surface area contributed by atoms with Crippen molar-refractivity contribution in [3.05, 3.63) is 74.8 Å². The topological polar surface area (TPSA) is 98.5 Å². The third-order valence-corrected chi connectivity index (χ3v) is 4.45. The van der Waals surface area contributed by atoms with Gasteiger partial charge in [-0.25, -0.2) is 4.79 Å². The molecule has 0 fully saturated rings. The van der Waals surface area contributed by atoms with Gasteiger partial charge in [0.1, 0.15) is 5.02 Å². The lowest BCUT2D eigenvalue weighted by molar-refractivity contribution is -0.384. The minimum atomic E-state index is -1.04. The Morgan fingerprint density at radius 3 is 2.50 bits per heavy atom. The smallest absolute Gasteiger partial charge is 0.339 e. The number of rotatable bonds is 8. The maximum atomic E-state index is 12.2. The molecule has 148 valence electrons. The predicted octanol–water partition coefficient (Wildman–Crippen LogP) is 3.93. The summed E-state index contributed by atoms with van der Waals surface area (Å²) in [5.41, 5.74) is 0.725. The van der Waals surface area contributed by atoms with Crippen LogP contribution in [0.3, 0.4) is 0 Å². The van der Waals surface area contributed by atoms with Crippen LogP contribution >= 0.6 is 11.6 Å². The summed E-state index contributed by atoms with van der Waals surface area (Å²) in [7, 11) is 0. The number of hydrogen-bond acceptors (Lipinski definition) is 5.